The summed E-state index contributed by atoms with van der Waals surface area (Å²) >= 11 is 0.947. The largest absolute Gasteiger partial charge is 0.481 e. The average molecular weight is 445 g/mol. The number of carbonyl (C=O) groups excluding carboxylic acids is 1. The Labute approximate surface area is 188 Å². The summed E-state index contributed by atoms with van der Waals surface area (Å²) in [6.07, 6.45) is 21.5. The van der Waals surface area contributed by atoms with Crippen LogP contribution in [0.3, 0.4) is 0 Å². The third kappa shape index (κ3) is 26.7. The van der Waals surface area contributed by atoms with Crippen LogP contribution in [0.2, 0.25) is 0 Å². The number of hydrogen-bond acceptors (Lipinski definition) is 4. The number of carboxylic acid groups (broad SMARTS) is 2. The van der Waals surface area contributed by atoms with Gasteiger partial charge in [0.2, 0.25) is 0 Å². The second kappa shape index (κ2) is 24.0. The molecule has 6 heteroatoms. The van der Waals surface area contributed by atoms with Crippen molar-refractivity contribution < 1.29 is 24.6 Å². The number of hydrogen-bond donors (Lipinski definition) is 2. The molecular formula is C24H44O5S. The maximum Gasteiger partial charge on any atom is 0.316 e. The highest BCUT2D eigenvalue weighted by atomic mass is 32.2. The first-order chi connectivity index (χ1) is 14.3. The van der Waals surface area contributed by atoms with Gasteiger partial charge in [0.25, 0.3) is 0 Å². The summed E-state index contributed by atoms with van der Waals surface area (Å²) in [4.78, 5) is 31.6. The van der Waals surface area contributed by atoms with Gasteiger partial charge in [-0.25, -0.2) is 0 Å². The number of carboxylic acids is 2. The second-order valence-corrected chi connectivity index (χ2v) is 8.95. The van der Waals surface area contributed by atoms with Gasteiger partial charge in [-0.2, -0.15) is 0 Å². The third-order valence-electron chi connectivity index (χ3n) is 4.60. The Kier molecular flexibility index (Phi) is 24.7. The van der Waals surface area contributed by atoms with Gasteiger partial charge in [-0.15, -0.1) is 0 Å². The zero-order valence-electron chi connectivity index (χ0n) is 19.4. The van der Waals surface area contributed by atoms with Crippen molar-refractivity contribution in [3.8, 4) is 0 Å². The van der Waals surface area contributed by atoms with E-state index in [9.17, 15) is 14.4 Å². The van der Waals surface area contributed by atoms with Crippen molar-refractivity contribution in [3.05, 3.63) is 12.2 Å². The van der Waals surface area contributed by atoms with Crippen molar-refractivity contribution in [3.63, 3.8) is 0 Å². The van der Waals surface area contributed by atoms with Crippen LogP contribution in [0.1, 0.15) is 117 Å². The van der Waals surface area contributed by atoms with Gasteiger partial charge in [0.1, 0.15) is 5.25 Å². The molecule has 176 valence electrons. The molecule has 0 aromatic heterocycles. The predicted molar refractivity (Wildman–Crippen MR) is 127 cm³/mol. The molecule has 30 heavy (non-hydrogen) atoms. The van der Waals surface area contributed by atoms with E-state index in [1.165, 1.54) is 64.2 Å². The molecule has 0 amide bonds. The number of carbonyl (C=O) groups is 3. The maximum absolute atomic E-state index is 11.6. The lowest BCUT2D eigenvalue weighted by Crippen LogP contribution is -2.14. The Bertz CT molecular complexity index is 463. The van der Waals surface area contributed by atoms with Crippen molar-refractivity contribution in [2.24, 2.45) is 0 Å². The first kappa shape index (κ1) is 30.9. The van der Waals surface area contributed by atoms with E-state index in [4.69, 9.17) is 10.2 Å². The Morgan fingerprint density at radius 1 is 0.767 bits per heavy atom. The van der Waals surface area contributed by atoms with Gasteiger partial charge in [0.05, 0.1) is 0 Å². The molecule has 0 radical (unpaired) electrons. The second-order valence-electron chi connectivity index (χ2n) is 7.55. The zero-order valence-corrected chi connectivity index (χ0v) is 20.2. The minimum atomic E-state index is -0.914. The smallest absolute Gasteiger partial charge is 0.316 e. The summed E-state index contributed by atoms with van der Waals surface area (Å²) in [6, 6.07) is 0. The minimum Gasteiger partial charge on any atom is -0.481 e. The predicted octanol–water partition coefficient (Wildman–Crippen LogP) is 7.24. The molecule has 0 aliphatic rings. The summed E-state index contributed by atoms with van der Waals surface area (Å²) in [6.45, 7) is 5.41. The van der Waals surface area contributed by atoms with E-state index < -0.39 is 17.2 Å². The standard InChI is InChI=1S/C21H38O3S.C3H6O2/c1-3-4-5-6-7-8-9-10-11-12-13-14-15-16-17-18-20(22)25-19(2)21(23)24;1-2-3(4)5/h10-11,19H,3-9,12-18H2,1-2H3,(H,23,24);2H2,1H3,(H,4,5)/b11-10-;. The number of allylic oxidation sites excluding steroid dienone is 2. The minimum absolute atomic E-state index is 0.00697. The lowest BCUT2D eigenvalue weighted by molar-refractivity contribution is -0.137. The molecule has 0 bridgehead atoms. The van der Waals surface area contributed by atoms with Crippen molar-refractivity contribution in [2.45, 2.75) is 122 Å². The van der Waals surface area contributed by atoms with E-state index in [-0.39, 0.29) is 11.5 Å². The highest BCUT2D eigenvalue weighted by Gasteiger charge is 2.15. The molecule has 0 saturated heterocycles. The van der Waals surface area contributed by atoms with Gasteiger partial charge in [0, 0.05) is 12.8 Å². The number of thioether (sulfide) groups is 1. The van der Waals surface area contributed by atoms with Gasteiger partial charge in [-0.3, -0.25) is 14.4 Å². The summed E-state index contributed by atoms with van der Waals surface area (Å²) in [7, 11) is 0. The van der Waals surface area contributed by atoms with Crippen molar-refractivity contribution in [1.29, 1.82) is 0 Å². The zero-order chi connectivity index (χ0) is 23.0. The molecule has 1 unspecified atom stereocenters. The first-order valence-corrected chi connectivity index (χ1v) is 12.5. The molecule has 0 aliphatic heterocycles. The molecular weight excluding hydrogens is 400 g/mol. The van der Waals surface area contributed by atoms with Gasteiger partial charge in [-0.1, -0.05) is 89.1 Å². The van der Waals surface area contributed by atoms with Crippen molar-refractivity contribution in [1.82, 2.24) is 0 Å². The van der Waals surface area contributed by atoms with Gasteiger partial charge >= 0.3 is 11.9 Å². The van der Waals surface area contributed by atoms with E-state index >= 15 is 0 Å². The number of aliphatic carboxylic acids is 2. The van der Waals surface area contributed by atoms with Crippen LogP contribution in [0.15, 0.2) is 12.2 Å². The fourth-order valence-electron chi connectivity index (χ4n) is 2.65. The summed E-state index contributed by atoms with van der Waals surface area (Å²) in [5.41, 5.74) is 0. The molecule has 2 N–H and O–H groups in total. The van der Waals surface area contributed by atoms with Crippen LogP contribution in [-0.4, -0.2) is 32.5 Å². The Morgan fingerprint density at radius 2 is 1.20 bits per heavy atom. The van der Waals surface area contributed by atoms with Crippen LogP contribution in [0.5, 0.6) is 0 Å². The Balaban J connectivity index is 0. The van der Waals surface area contributed by atoms with E-state index in [0.29, 0.717) is 6.42 Å². The Hall–Kier alpha value is -1.30. The molecule has 0 spiro atoms. The SMILES string of the molecule is CCC(=O)O.CCCCCCCC/C=C\CCCCCCCC(=O)SC(C)C(=O)O. The summed E-state index contributed by atoms with van der Waals surface area (Å²) < 4.78 is 0. The quantitative estimate of drug-likeness (QED) is 0.171. The summed E-state index contributed by atoms with van der Waals surface area (Å²) in [5.74, 6) is -1.66. The van der Waals surface area contributed by atoms with Crippen LogP contribution < -0.4 is 0 Å². The average Bonchev–Trinajstić information content (AvgIpc) is 2.71. The van der Waals surface area contributed by atoms with Gasteiger partial charge in [-0.05, 0) is 39.0 Å². The van der Waals surface area contributed by atoms with E-state index in [1.54, 1.807) is 13.8 Å². The fraction of sp³-hybridized carbons (Fsp3) is 0.792. The summed E-state index contributed by atoms with van der Waals surface area (Å²) in [5, 5.41) is 15.9. The van der Waals surface area contributed by atoms with E-state index in [2.05, 4.69) is 19.1 Å². The molecule has 0 aromatic rings. The molecule has 0 aliphatic carbocycles. The molecule has 0 aromatic carbocycles. The fourth-order valence-corrected chi connectivity index (χ4v) is 3.40. The maximum atomic E-state index is 11.6. The molecule has 5 nitrogen and oxygen atoms in total. The monoisotopic (exact) mass is 444 g/mol. The molecule has 0 heterocycles. The number of rotatable bonds is 18. The van der Waals surface area contributed by atoms with Crippen LogP contribution in [-0.2, 0) is 14.4 Å². The molecule has 0 fully saturated rings. The third-order valence-corrected chi connectivity index (χ3v) is 5.62. The van der Waals surface area contributed by atoms with Crippen LogP contribution in [0, 0.1) is 0 Å². The van der Waals surface area contributed by atoms with E-state index in [0.717, 1.165) is 31.0 Å². The molecule has 0 rings (SSSR count). The highest BCUT2D eigenvalue weighted by Crippen LogP contribution is 2.17. The van der Waals surface area contributed by atoms with Crippen LogP contribution >= 0.6 is 11.8 Å². The lowest BCUT2D eigenvalue weighted by Gasteiger charge is -2.04. The molecule has 1 atom stereocenters. The Morgan fingerprint density at radius 3 is 1.63 bits per heavy atom. The topological polar surface area (TPSA) is 91.7 Å². The highest BCUT2D eigenvalue weighted by molar-refractivity contribution is 8.14. The normalized spacial score (nSPS) is 11.7. The molecule has 0 saturated carbocycles. The number of unbranched alkanes of at least 4 members (excludes halogenated alkanes) is 11. The lowest BCUT2D eigenvalue weighted by atomic mass is 10.1. The van der Waals surface area contributed by atoms with E-state index in [1.807, 2.05) is 0 Å². The van der Waals surface area contributed by atoms with Crippen LogP contribution in [0.4, 0.5) is 0 Å². The first-order valence-electron chi connectivity index (χ1n) is 11.6. The van der Waals surface area contributed by atoms with Gasteiger partial charge < -0.3 is 10.2 Å². The van der Waals surface area contributed by atoms with Crippen molar-refractivity contribution in [2.75, 3.05) is 0 Å². The van der Waals surface area contributed by atoms with Crippen LogP contribution in [0.25, 0.3) is 0 Å². The van der Waals surface area contributed by atoms with Crippen molar-refractivity contribution >= 4 is 28.8 Å². The van der Waals surface area contributed by atoms with Gasteiger partial charge in [0.15, 0.2) is 5.12 Å².